The lowest BCUT2D eigenvalue weighted by Gasteiger charge is -2.33. The first-order valence-electron chi connectivity index (χ1n) is 9.55. The first kappa shape index (κ1) is 23.2. The zero-order valence-electron chi connectivity index (χ0n) is 17.0. The Kier molecular flexibility index (Phi) is 10.7. The summed E-state index contributed by atoms with van der Waals surface area (Å²) in [5.74, 6) is -0.310. The monoisotopic (exact) mass is 392 g/mol. The highest BCUT2D eigenvalue weighted by Gasteiger charge is 2.21. The number of piperazine rings is 1. The van der Waals surface area contributed by atoms with Crippen molar-refractivity contribution in [3.63, 3.8) is 0 Å². The van der Waals surface area contributed by atoms with E-state index in [-0.39, 0.29) is 18.4 Å². The highest BCUT2D eigenvalue weighted by Crippen LogP contribution is 2.13. The summed E-state index contributed by atoms with van der Waals surface area (Å²) in [7, 11) is 0. The summed E-state index contributed by atoms with van der Waals surface area (Å²) in [5.41, 5.74) is 2.29. The van der Waals surface area contributed by atoms with E-state index in [1.807, 2.05) is 26.2 Å². The van der Waals surface area contributed by atoms with Crippen LogP contribution in [-0.2, 0) is 11.2 Å². The first-order valence-corrected chi connectivity index (χ1v) is 10.7. The predicted octanol–water partition coefficient (Wildman–Crippen LogP) is 2.86. The second-order valence-corrected chi connectivity index (χ2v) is 6.78. The maximum atomic E-state index is 12.3. The molecule has 0 radical (unpaired) electrons. The lowest BCUT2D eigenvalue weighted by atomic mass is 10.1. The van der Waals surface area contributed by atoms with Crippen molar-refractivity contribution >= 4 is 29.8 Å². The Balaban J connectivity index is 0.00000176. The van der Waals surface area contributed by atoms with E-state index < -0.39 is 0 Å². The van der Waals surface area contributed by atoms with Crippen LogP contribution in [0.1, 0.15) is 48.8 Å². The molecule has 0 atom stereocenters. The highest BCUT2D eigenvalue weighted by molar-refractivity contribution is 7.96. The van der Waals surface area contributed by atoms with Gasteiger partial charge in [-0.05, 0) is 30.4 Å². The average Bonchev–Trinajstić information content (AvgIpc) is 2.73. The Morgan fingerprint density at radius 1 is 1.30 bits per heavy atom. The third-order valence-corrected chi connectivity index (χ3v) is 5.11. The van der Waals surface area contributed by atoms with Crippen molar-refractivity contribution in [3.05, 3.63) is 35.7 Å². The van der Waals surface area contributed by atoms with Crippen LogP contribution in [0.2, 0.25) is 0 Å². The molecule has 27 heavy (non-hydrogen) atoms. The van der Waals surface area contributed by atoms with Crippen molar-refractivity contribution in [2.24, 2.45) is 0 Å². The fourth-order valence-corrected chi connectivity index (χ4v) is 3.32. The molecule has 1 aromatic rings. The largest absolute Gasteiger partial charge is 0.343 e. The molecule has 0 aliphatic carbocycles. The van der Waals surface area contributed by atoms with E-state index in [2.05, 4.69) is 28.1 Å². The van der Waals surface area contributed by atoms with E-state index in [9.17, 15) is 9.59 Å². The minimum absolute atomic E-state index is 0.0183. The van der Waals surface area contributed by atoms with Crippen LogP contribution < -0.4 is 5.32 Å². The number of hydrogen-bond donors (Lipinski definition) is 1. The number of hydrogen-bond acceptors (Lipinski definition) is 5. The van der Waals surface area contributed by atoms with Gasteiger partial charge in [0.05, 0.1) is 17.8 Å². The molecule has 2 rings (SSSR count). The van der Waals surface area contributed by atoms with Gasteiger partial charge in [0.1, 0.15) is 0 Å². The maximum absolute atomic E-state index is 12.3. The molecule has 1 fully saturated rings. The number of pyridine rings is 1. The van der Waals surface area contributed by atoms with Crippen molar-refractivity contribution in [1.82, 2.24) is 19.5 Å². The number of carbonyl (C=O) groups is 2. The van der Waals surface area contributed by atoms with Crippen LogP contribution in [0.25, 0.3) is 6.08 Å². The summed E-state index contributed by atoms with van der Waals surface area (Å²) in [6, 6.07) is 1.84. The molecule has 150 valence electrons. The summed E-state index contributed by atoms with van der Waals surface area (Å²) < 4.78 is 2.23. The van der Waals surface area contributed by atoms with E-state index in [1.165, 1.54) is 6.20 Å². The van der Waals surface area contributed by atoms with E-state index in [4.69, 9.17) is 0 Å². The Labute approximate surface area is 167 Å². The van der Waals surface area contributed by atoms with E-state index in [0.29, 0.717) is 18.7 Å². The van der Waals surface area contributed by atoms with Gasteiger partial charge in [-0.15, -0.1) is 0 Å². The molecule has 1 aliphatic heterocycles. The fourth-order valence-electron chi connectivity index (χ4n) is 2.79. The van der Waals surface area contributed by atoms with Gasteiger partial charge in [-0.3, -0.25) is 14.6 Å². The van der Waals surface area contributed by atoms with Crippen molar-refractivity contribution in [2.45, 2.75) is 33.6 Å². The number of aryl methyl sites for hydroxylation is 1. The summed E-state index contributed by atoms with van der Waals surface area (Å²) >= 11 is 1.69. The topological polar surface area (TPSA) is 65.5 Å². The van der Waals surface area contributed by atoms with Crippen LogP contribution in [0.4, 0.5) is 0 Å². The number of nitrogens with one attached hydrogen (secondary N) is 1. The molecule has 0 aromatic carbocycles. The molecule has 1 saturated heterocycles. The lowest BCUT2D eigenvalue weighted by molar-refractivity contribution is -0.131. The molecular weight excluding hydrogens is 360 g/mol. The number of rotatable bonds is 7. The van der Waals surface area contributed by atoms with Gasteiger partial charge in [-0.1, -0.05) is 45.7 Å². The van der Waals surface area contributed by atoms with E-state index in [1.54, 1.807) is 22.9 Å². The Morgan fingerprint density at radius 2 is 1.96 bits per heavy atom. The molecule has 0 bridgehead atoms. The van der Waals surface area contributed by atoms with Crippen molar-refractivity contribution in [2.75, 3.05) is 39.0 Å². The highest BCUT2D eigenvalue weighted by atomic mass is 32.2. The van der Waals surface area contributed by atoms with Crippen molar-refractivity contribution in [1.29, 1.82) is 0 Å². The van der Waals surface area contributed by atoms with Gasteiger partial charge in [0.2, 0.25) is 5.91 Å². The molecule has 7 heteroatoms. The molecular formula is C20H32N4O2S. The second kappa shape index (κ2) is 12.5. The average molecular weight is 393 g/mol. The number of amides is 2. The summed E-state index contributed by atoms with van der Waals surface area (Å²) in [5, 5.41) is 2.71. The van der Waals surface area contributed by atoms with Crippen LogP contribution in [0.3, 0.4) is 0 Å². The quantitative estimate of drug-likeness (QED) is 0.723. The fraction of sp³-hybridized carbons (Fsp3) is 0.550. The molecule has 6 nitrogen and oxygen atoms in total. The zero-order valence-corrected chi connectivity index (χ0v) is 17.8. The lowest BCUT2D eigenvalue weighted by Crippen LogP contribution is -2.49. The van der Waals surface area contributed by atoms with Gasteiger partial charge in [0, 0.05) is 32.4 Å². The van der Waals surface area contributed by atoms with Gasteiger partial charge < -0.3 is 10.2 Å². The number of carbonyl (C=O) groups excluding carboxylic acids is 2. The molecule has 2 amide bonds. The van der Waals surface area contributed by atoms with Gasteiger partial charge in [-0.25, -0.2) is 4.31 Å². The zero-order chi connectivity index (χ0) is 20.2. The van der Waals surface area contributed by atoms with Crippen molar-refractivity contribution < 1.29 is 9.59 Å². The summed E-state index contributed by atoms with van der Waals surface area (Å²) in [6.07, 6.45) is 7.08. The molecule has 0 spiro atoms. The smallest absolute Gasteiger partial charge is 0.253 e. The van der Waals surface area contributed by atoms with Crippen LogP contribution >= 0.6 is 11.9 Å². The van der Waals surface area contributed by atoms with Crippen molar-refractivity contribution in [3.8, 4) is 0 Å². The molecule has 1 aromatic heterocycles. The van der Waals surface area contributed by atoms with Gasteiger partial charge in [-0.2, -0.15) is 0 Å². The van der Waals surface area contributed by atoms with Gasteiger partial charge in [0.25, 0.3) is 5.91 Å². The Morgan fingerprint density at radius 3 is 2.52 bits per heavy atom. The third kappa shape index (κ3) is 6.99. The summed E-state index contributed by atoms with van der Waals surface area (Å²) in [6.45, 7) is 13.0. The minimum atomic E-state index is -0.267. The second-order valence-electron chi connectivity index (χ2n) is 5.90. The van der Waals surface area contributed by atoms with Crippen LogP contribution in [0.5, 0.6) is 0 Å². The van der Waals surface area contributed by atoms with E-state index >= 15 is 0 Å². The molecule has 0 saturated carbocycles. The SMILES string of the molecule is C=Cc1ncc(C(=O)NCC(=O)N2CCN(SC)CC2)cc1CCC.CC. The maximum Gasteiger partial charge on any atom is 0.253 e. The number of nitrogens with zero attached hydrogens (tertiary/aromatic N) is 3. The molecule has 2 heterocycles. The van der Waals surface area contributed by atoms with Gasteiger partial charge in [0.15, 0.2) is 0 Å². The molecule has 0 unspecified atom stereocenters. The molecule has 1 N–H and O–H groups in total. The van der Waals surface area contributed by atoms with E-state index in [0.717, 1.165) is 37.2 Å². The first-order chi connectivity index (χ1) is 13.1. The minimum Gasteiger partial charge on any atom is -0.343 e. The predicted molar refractivity (Wildman–Crippen MR) is 114 cm³/mol. The summed E-state index contributed by atoms with van der Waals surface area (Å²) in [4.78, 5) is 30.7. The van der Waals surface area contributed by atoms with Crippen LogP contribution in [0, 0.1) is 0 Å². The number of aromatic nitrogens is 1. The van der Waals surface area contributed by atoms with Gasteiger partial charge >= 0.3 is 0 Å². The Bertz CT molecular complexity index is 628. The third-order valence-electron chi connectivity index (χ3n) is 4.23. The van der Waals surface area contributed by atoms with Crippen LogP contribution in [0.15, 0.2) is 18.8 Å². The Hall–Kier alpha value is -1.86. The molecule has 1 aliphatic rings. The normalized spacial score (nSPS) is 14.1. The standard InChI is InChI=1S/C18H26N4O2S.C2H6/c1-4-6-14-11-15(12-19-16(14)5-2)18(24)20-13-17(23)21-7-9-22(25-3)10-8-21;1-2/h5,11-12H,2,4,6-10,13H2,1,3H3,(H,20,24);1-2H3. The van der Waals surface area contributed by atoms with Crippen LogP contribution in [-0.4, -0.2) is 65.0 Å².